The second-order valence-electron chi connectivity index (χ2n) is 19.5. The van der Waals surface area contributed by atoms with Gasteiger partial charge in [0.05, 0.1) is 35.4 Å². The first-order chi connectivity index (χ1) is 30.1. The highest BCUT2D eigenvalue weighted by Gasteiger charge is 2.63. The Morgan fingerprint density at radius 3 is 2.36 bits per heavy atom. The van der Waals surface area contributed by atoms with Crippen molar-refractivity contribution in [1.82, 2.24) is 30.2 Å². The van der Waals surface area contributed by atoms with Gasteiger partial charge < -0.3 is 34.5 Å². The number of nitrogens with one attached hydrogen (secondary N) is 3. The highest BCUT2D eigenvalue weighted by molar-refractivity contribution is 7.91. The molecule has 4 amide bonds. The Hall–Kier alpha value is -5.45. The molecule has 17 heteroatoms. The molecule has 2 saturated carbocycles. The number of allylic oxidation sites excluding steroid dienone is 1. The van der Waals surface area contributed by atoms with Crippen LogP contribution in [0.1, 0.15) is 100 Å². The van der Waals surface area contributed by atoms with Gasteiger partial charge in [0.2, 0.25) is 27.7 Å². The first kappa shape index (κ1) is 46.5. The van der Waals surface area contributed by atoms with Gasteiger partial charge in [0.15, 0.2) is 5.82 Å². The molecule has 3 aromatic rings. The fourth-order valence-corrected chi connectivity index (χ4v) is 9.88. The molecule has 346 valence electrons. The van der Waals surface area contributed by atoms with E-state index in [0.29, 0.717) is 59.5 Å². The molecule has 3 heterocycles. The van der Waals surface area contributed by atoms with Crippen LogP contribution in [-0.2, 0) is 29.1 Å². The smallest absolute Gasteiger partial charge is 0.408 e. The molecule has 4 aliphatic rings. The van der Waals surface area contributed by atoms with Crippen molar-refractivity contribution in [3.8, 4) is 28.8 Å². The zero-order valence-electron chi connectivity index (χ0n) is 38.2. The lowest BCUT2D eigenvalue weighted by atomic mass is 9.88. The predicted molar refractivity (Wildman–Crippen MR) is 240 cm³/mol. The molecule has 2 aromatic carbocycles. The maximum atomic E-state index is 15.1. The summed E-state index contributed by atoms with van der Waals surface area (Å²) >= 11 is 0. The summed E-state index contributed by atoms with van der Waals surface area (Å²) in [6.07, 6.45) is 5.20. The van der Waals surface area contributed by atoms with Crippen molar-refractivity contribution in [1.29, 1.82) is 0 Å². The van der Waals surface area contributed by atoms with Gasteiger partial charge in [-0.15, -0.1) is 0 Å². The number of carbonyl (C=O) groups is 4. The van der Waals surface area contributed by atoms with Crippen LogP contribution in [0.3, 0.4) is 0 Å². The Morgan fingerprint density at radius 1 is 1.00 bits per heavy atom. The number of carbonyl (C=O) groups excluding carboxylic acids is 4. The third-order valence-electron chi connectivity index (χ3n) is 12.6. The molecule has 7 rings (SSSR count). The molecule has 0 spiro atoms. The molecule has 2 aliphatic carbocycles. The van der Waals surface area contributed by atoms with E-state index in [0.717, 1.165) is 6.42 Å². The summed E-state index contributed by atoms with van der Waals surface area (Å²) in [6, 6.07) is 10.4. The quantitative estimate of drug-likeness (QED) is 0.194. The Kier molecular flexibility index (Phi) is 13.0. The average molecular weight is 903 g/mol. The first-order valence-corrected chi connectivity index (χ1v) is 23.7. The van der Waals surface area contributed by atoms with Gasteiger partial charge in [-0.3, -0.25) is 19.1 Å². The van der Waals surface area contributed by atoms with E-state index in [1.807, 2.05) is 57.2 Å². The van der Waals surface area contributed by atoms with Crippen LogP contribution in [0.2, 0.25) is 0 Å². The van der Waals surface area contributed by atoms with Gasteiger partial charge in [-0.25, -0.2) is 18.2 Å². The van der Waals surface area contributed by atoms with Crippen LogP contribution in [0.5, 0.6) is 17.4 Å². The fraction of sp³-hybridized carbons (Fsp3) is 0.574. The lowest BCUT2D eigenvalue weighted by Crippen LogP contribution is -2.59. The second kappa shape index (κ2) is 17.8. The SMILES string of the molecule is COc1ccc2c(O[C@@H]3C[C@H]4C(=O)N[C@]5(C(=O)NS(=O)(=O)C6(C)CC6)C[C@H]5/C=C\CC[C@H](C)C[C@@H](C)[C@H](NC(=O)OC(C)(C)C)C(=O)N4C3)nc(-c3ccc(OC(C)C)cc3)nc2c1. The zero-order chi connectivity index (χ0) is 46.4. The van der Waals surface area contributed by atoms with E-state index in [9.17, 15) is 22.8 Å². The van der Waals surface area contributed by atoms with Gasteiger partial charge in [0.1, 0.15) is 40.8 Å². The second-order valence-corrected chi connectivity index (χ2v) is 21.7. The largest absolute Gasteiger partial charge is 0.497 e. The molecular formula is C47H62N6O10S. The number of amides is 4. The molecule has 2 aliphatic heterocycles. The molecular weight excluding hydrogens is 841 g/mol. The minimum atomic E-state index is -4.04. The van der Waals surface area contributed by atoms with Crippen molar-refractivity contribution in [2.75, 3.05) is 13.7 Å². The summed E-state index contributed by atoms with van der Waals surface area (Å²) in [5.74, 6) is -0.927. The molecule has 64 heavy (non-hydrogen) atoms. The molecule has 1 saturated heterocycles. The number of hydrogen-bond acceptors (Lipinski definition) is 12. The monoisotopic (exact) mass is 902 g/mol. The number of fused-ring (bicyclic) bond motifs is 3. The number of benzene rings is 2. The minimum absolute atomic E-state index is 0.0164. The lowest BCUT2D eigenvalue weighted by Gasteiger charge is -2.33. The predicted octanol–water partition coefficient (Wildman–Crippen LogP) is 6.22. The van der Waals surface area contributed by atoms with Gasteiger partial charge in [-0.05, 0) is 128 Å². The topological polar surface area (TPSA) is 204 Å². The fourth-order valence-electron chi connectivity index (χ4n) is 8.57. The Morgan fingerprint density at radius 2 is 1.70 bits per heavy atom. The number of sulfonamides is 1. The maximum absolute atomic E-state index is 15.1. The van der Waals surface area contributed by atoms with E-state index in [4.69, 9.17) is 28.9 Å². The first-order valence-electron chi connectivity index (χ1n) is 22.3. The van der Waals surface area contributed by atoms with Gasteiger partial charge >= 0.3 is 6.09 Å². The number of rotatable bonds is 10. The molecule has 7 atom stereocenters. The van der Waals surface area contributed by atoms with Crippen molar-refractivity contribution in [2.45, 2.75) is 141 Å². The van der Waals surface area contributed by atoms with E-state index < -0.39 is 73.8 Å². The summed E-state index contributed by atoms with van der Waals surface area (Å²) in [6.45, 7) is 14.6. The van der Waals surface area contributed by atoms with E-state index in [2.05, 4.69) is 22.3 Å². The van der Waals surface area contributed by atoms with Gasteiger partial charge in [-0.1, -0.05) is 26.0 Å². The van der Waals surface area contributed by atoms with Crippen molar-refractivity contribution in [3.05, 3.63) is 54.6 Å². The van der Waals surface area contributed by atoms with Crippen LogP contribution in [0, 0.1) is 17.8 Å². The van der Waals surface area contributed by atoms with E-state index in [-0.39, 0.29) is 43.2 Å². The van der Waals surface area contributed by atoms with Crippen LogP contribution in [-0.4, -0.2) is 101 Å². The zero-order valence-corrected chi connectivity index (χ0v) is 39.0. The van der Waals surface area contributed by atoms with E-state index in [1.54, 1.807) is 53.0 Å². The standard InChI is InChI=1S/C47H62N6O10S/c1-27(2)61-32-16-14-30(15-17-32)39-48-36-23-33(60-9)18-19-35(36)41(50-39)62-34-24-37-40(54)51-47(43(56)52-64(58,59)46(8)20-21-46)25-31(47)13-11-10-12-28(3)22-29(4)38(42(55)53(37)26-34)49-44(57)63-45(5,6)7/h11,13-19,23,27-29,31,34,37-38H,10,12,20-22,24-26H2,1-9H3,(H,49,57)(H,51,54)(H,52,56)/b13-11-/t28-,29+,31+,34+,37-,38-,47+/m0/s1. The van der Waals surface area contributed by atoms with Gasteiger partial charge in [-0.2, -0.15) is 4.98 Å². The van der Waals surface area contributed by atoms with Crippen LogP contribution < -0.4 is 29.6 Å². The number of alkyl carbamates (subject to hydrolysis) is 1. The van der Waals surface area contributed by atoms with E-state index in [1.165, 1.54) is 4.90 Å². The van der Waals surface area contributed by atoms with Crippen LogP contribution in [0.25, 0.3) is 22.3 Å². The van der Waals surface area contributed by atoms with E-state index >= 15 is 4.79 Å². The normalized spacial score (nSPS) is 27.5. The number of nitrogens with zero attached hydrogens (tertiary/aromatic N) is 3. The third-order valence-corrected chi connectivity index (χ3v) is 14.7. The van der Waals surface area contributed by atoms with Gasteiger partial charge in [0.25, 0.3) is 5.91 Å². The summed E-state index contributed by atoms with van der Waals surface area (Å²) in [5, 5.41) is 6.32. The molecule has 3 fully saturated rings. The van der Waals surface area contributed by atoms with Crippen LogP contribution in [0.4, 0.5) is 4.79 Å². The number of aromatic nitrogens is 2. The molecule has 0 bridgehead atoms. The summed E-state index contributed by atoms with van der Waals surface area (Å²) in [7, 11) is -2.48. The lowest BCUT2D eigenvalue weighted by molar-refractivity contribution is -0.142. The highest BCUT2D eigenvalue weighted by atomic mass is 32.2. The van der Waals surface area contributed by atoms with Crippen LogP contribution in [0.15, 0.2) is 54.6 Å². The average Bonchev–Trinajstić information content (AvgIpc) is 4.10. The highest BCUT2D eigenvalue weighted by Crippen LogP contribution is 2.48. The van der Waals surface area contributed by atoms with Crippen molar-refractivity contribution < 1.29 is 46.5 Å². The van der Waals surface area contributed by atoms with Crippen molar-refractivity contribution >= 4 is 44.7 Å². The summed E-state index contributed by atoms with van der Waals surface area (Å²) in [5.41, 5.74) is -1.20. The molecule has 0 unspecified atom stereocenters. The number of methoxy groups -OCH3 is 1. The Bertz CT molecular complexity index is 2410. The number of ether oxygens (including phenoxy) is 4. The Labute approximate surface area is 375 Å². The third kappa shape index (κ3) is 10.2. The van der Waals surface area contributed by atoms with Crippen LogP contribution >= 0.6 is 0 Å². The molecule has 16 nitrogen and oxygen atoms in total. The maximum Gasteiger partial charge on any atom is 0.408 e. The molecule has 1 aromatic heterocycles. The minimum Gasteiger partial charge on any atom is -0.497 e. The molecule has 3 N–H and O–H groups in total. The Balaban J connectivity index is 1.26. The molecule has 0 radical (unpaired) electrons. The van der Waals surface area contributed by atoms with Crippen molar-refractivity contribution in [2.24, 2.45) is 17.8 Å². The van der Waals surface area contributed by atoms with Gasteiger partial charge in [0, 0.05) is 24.0 Å². The summed E-state index contributed by atoms with van der Waals surface area (Å²) < 4.78 is 51.6. The summed E-state index contributed by atoms with van der Waals surface area (Å²) in [4.78, 5) is 68.4. The van der Waals surface area contributed by atoms with Crippen molar-refractivity contribution in [3.63, 3.8) is 0 Å². The number of hydrogen-bond donors (Lipinski definition) is 3.